The van der Waals surface area contributed by atoms with Crippen LogP contribution in [0.3, 0.4) is 0 Å². The van der Waals surface area contributed by atoms with Crippen LogP contribution in [0.1, 0.15) is 46.5 Å². The number of carbonyl (C=O) groups is 2. The Balaban J connectivity index is 3.88. The van der Waals surface area contributed by atoms with Crippen molar-refractivity contribution >= 4 is 11.9 Å². The standard InChI is InChI=1S/C15H20O4/c1-5-9-13(7-3)19-15(17)11-8-10-14(16)18-12(4)6-2/h2,12-13H,7-8,10-11H2,1,3-4H3. The van der Waals surface area contributed by atoms with Crippen molar-refractivity contribution in [2.24, 2.45) is 0 Å². The molecule has 0 spiro atoms. The molecule has 0 radical (unpaired) electrons. The fourth-order valence-electron chi connectivity index (χ4n) is 1.26. The highest BCUT2D eigenvalue weighted by Crippen LogP contribution is 2.05. The van der Waals surface area contributed by atoms with Crippen LogP contribution in [0.25, 0.3) is 0 Å². The first-order valence-corrected chi connectivity index (χ1v) is 6.30. The molecule has 0 rings (SSSR count). The fraction of sp³-hybridized carbons (Fsp3) is 0.600. The molecule has 4 nitrogen and oxygen atoms in total. The van der Waals surface area contributed by atoms with Gasteiger partial charge in [0.15, 0.2) is 12.2 Å². The fourth-order valence-corrected chi connectivity index (χ4v) is 1.26. The van der Waals surface area contributed by atoms with E-state index in [1.54, 1.807) is 13.8 Å². The summed E-state index contributed by atoms with van der Waals surface area (Å²) in [5, 5.41) is 0. The van der Waals surface area contributed by atoms with Crippen LogP contribution in [-0.4, -0.2) is 24.1 Å². The molecule has 0 amide bonds. The number of carbonyl (C=O) groups excluding carboxylic acids is 2. The number of hydrogen-bond donors (Lipinski definition) is 0. The number of rotatable bonds is 7. The van der Waals surface area contributed by atoms with Crippen LogP contribution in [0.2, 0.25) is 0 Å². The monoisotopic (exact) mass is 264 g/mol. The second-order valence-electron chi connectivity index (χ2n) is 3.93. The Hall–Kier alpha value is -1.94. The van der Waals surface area contributed by atoms with E-state index in [4.69, 9.17) is 15.9 Å². The zero-order chi connectivity index (χ0) is 14.7. The zero-order valence-electron chi connectivity index (χ0n) is 11.7. The molecule has 0 aliphatic carbocycles. The van der Waals surface area contributed by atoms with E-state index in [0.717, 1.165) is 0 Å². The third-order valence-corrected chi connectivity index (χ3v) is 2.25. The molecule has 2 unspecified atom stereocenters. The van der Waals surface area contributed by atoms with Crippen LogP contribution in [-0.2, 0) is 19.1 Å². The van der Waals surface area contributed by atoms with Crippen molar-refractivity contribution in [3.63, 3.8) is 0 Å². The van der Waals surface area contributed by atoms with Crippen LogP contribution in [0.15, 0.2) is 0 Å². The summed E-state index contributed by atoms with van der Waals surface area (Å²) >= 11 is 0. The summed E-state index contributed by atoms with van der Waals surface area (Å²) in [6.07, 6.45) is 5.52. The van der Waals surface area contributed by atoms with Gasteiger partial charge in [-0.25, -0.2) is 0 Å². The highest BCUT2D eigenvalue weighted by atomic mass is 16.5. The second kappa shape index (κ2) is 10.0. The average Bonchev–Trinajstić information content (AvgIpc) is 2.37. The maximum Gasteiger partial charge on any atom is 0.307 e. The topological polar surface area (TPSA) is 52.6 Å². The first-order chi connectivity index (χ1) is 9.03. The van der Waals surface area contributed by atoms with Crippen molar-refractivity contribution in [2.45, 2.75) is 58.7 Å². The lowest BCUT2D eigenvalue weighted by atomic mass is 10.2. The summed E-state index contributed by atoms with van der Waals surface area (Å²) in [6.45, 7) is 5.20. The zero-order valence-corrected chi connectivity index (χ0v) is 11.7. The number of hydrogen-bond acceptors (Lipinski definition) is 4. The van der Waals surface area contributed by atoms with Gasteiger partial charge in [-0.2, -0.15) is 0 Å². The number of esters is 2. The van der Waals surface area contributed by atoms with Crippen LogP contribution >= 0.6 is 0 Å². The molecule has 0 aromatic carbocycles. The summed E-state index contributed by atoms with van der Waals surface area (Å²) in [4.78, 5) is 22.8. The lowest BCUT2D eigenvalue weighted by Gasteiger charge is -2.10. The Morgan fingerprint density at radius 3 is 2.26 bits per heavy atom. The molecular weight excluding hydrogens is 244 g/mol. The van der Waals surface area contributed by atoms with Gasteiger partial charge in [0.25, 0.3) is 0 Å². The summed E-state index contributed by atoms with van der Waals surface area (Å²) < 4.78 is 10.00. The SMILES string of the molecule is C#CC(C)OC(=O)CCCC(=O)OC(C#CC)CC. The Labute approximate surface area is 114 Å². The van der Waals surface area contributed by atoms with Gasteiger partial charge in [-0.15, -0.1) is 12.3 Å². The second-order valence-corrected chi connectivity index (χ2v) is 3.93. The Bertz CT molecular complexity index is 395. The summed E-state index contributed by atoms with van der Waals surface area (Å²) in [7, 11) is 0. The maximum atomic E-state index is 11.5. The minimum atomic E-state index is -0.538. The minimum Gasteiger partial charge on any atom is -0.449 e. The summed E-state index contributed by atoms with van der Waals surface area (Å²) in [6, 6.07) is 0. The summed E-state index contributed by atoms with van der Waals surface area (Å²) in [5.74, 6) is 7.03. The van der Waals surface area contributed by atoms with E-state index in [1.165, 1.54) is 0 Å². The number of terminal acetylenes is 1. The van der Waals surface area contributed by atoms with Gasteiger partial charge < -0.3 is 9.47 Å². The van der Waals surface area contributed by atoms with Crippen molar-refractivity contribution in [1.82, 2.24) is 0 Å². The Morgan fingerprint density at radius 2 is 1.79 bits per heavy atom. The van der Waals surface area contributed by atoms with Crippen molar-refractivity contribution in [2.75, 3.05) is 0 Å². The van der Waals surface area contributed by atoms with Gasteiger partial charge in [0.2, 0.25) is 0 Å². The van der Waals surface area contributed by atoms with E-state index in [9.17, 15) is 9.59 Å². The minimum absolute atomic E-state index is 0.150. The van der Waals surface area contributed by atoms with E-state index in [1.807, 2.05) is 6.92 Å². The van der Waals surface area contributed by atoms with E-state index in [-0.39, 0.29) is 24.9 Å². The predicted molar refractivity (Wildman–Crippen MR) is 71.9 cm³/mol. The molecule has 0 saturated carbocycles. The molecule has 0 aliphatic heterocycles. The molecule has 0 bridgehead atoms. The lowest BCUT2D eigenvalue weighted by molar-refractivity contribution is -0.148. The van der Waals surface area contributed by atoms with Crippen molar-refractivity contribution in [1.29, 1.82) is 0 Å². The van der Waals surface area contributed by atoms with E-state index < -0.39 is 12.1 Å². The van der Waals surface area contributed by atoms with E-state index >= 15 is 0 Å². The molecule has 0 aliphatic rings. The molecule has 0 saturated heterocycles. The Morgan fingerprint density at radius 1 is 1.21 bits per heavy atom. The van der Waals surface area contributed by atoms with Crippen LogP contribution in [0.4, 0.5) is 0 Å². The summed E-state index contributed by atoms with van der Waals surface area (Å²) in [5.41, 5.74) is 0. The first-order valence-electron chi connectivity index (χ1n) is 6.30. The third-order valence-electron chi connectivity index (χ3n) is 2.25. The highest BCUT2D eigenvalue weighted by Gasteiger charge is 2.12. The molecular formula is C15H20O4. The van der Waals surface area contributed by atoms with E-state index in [2.05, 4.69) is 17.8 Å². The lowest BCUT2D eigenvalue weighted by Crippen LogP contribution is -2.16. The van der Waals surface area contributed by atoms with Crippen LogP contribution in [0, 0.1) is 24.2 Å². The molecule has 0 aromatic rings. The van der Waals surface area contributed by atoms with Gasteiger partial charge in [0, 0.05) is 12.8 Å². The maximum absolute atomic E-state index is 11.5. The molecule has 0 aromatic heterocycles. The molecule has 0 N–H and O–H groups in total. The Kier molecular flexibility index (Phi) is 9.00. The van der Waals surface area contributed by atoms with Gasteiger partial charge in [0.1, 0.15) is 0 Å². The van der Waals surface area contributed by atoms with Crippen molar-refractivity contribution < 1.29 is 19.1 Å². The quantitative estimate of drug-likeness (QED) is 0.522. The first kappa shape index (κ1) is 17.1. The molecule has 0 heterocycles. The van der Waals surface area contributed by atoms with Crippen molar-refractivity contribution in [3.8, 4) is 24.2 Å². The van der Waals surface area contributed by atoms with Crippen LogP contribution in [0.5, 0.6) is 0 Å². The van der Waals surface area contributed by atoms with Crippen LogP contribution < -0.4 is 0 Å². The average molecular weight is 264 g/mol. The van der Waals surface area contributed by atoms with Crippen molar-refractivity contribution in [3.05, 3.63) is 0 Å². The van der Waals surface area contributed by atoms with Gasteiger partial charge in [-0.05, 0) is 26.7 Å². The molecule has 19 heavy (non-hydrogen) atoms. The van der Waals surface area contributed by atoms with E-state index in [0.29, 0.717) is 12.8 Å². The van der Waals surface area contributed by atoms with Gasteiger partial charge in [-0.1, -0.05) is 18.8 Å². The van der Waals surface area contributed by atoms with Gasteiger partial charge >= 0.3 is 11.9 Å². The molecule has 2 atom stereocenters. The largest absolute Gasteiger partial charge is 0.449 e. The number of ether oxygens (including phenoxy) is 2. The predicted octanol–water partition coefficient (Wildman–Crippen LogP) is 2.07. The highest BCUT2D eigenvalue weighted by molar-refractivity contribution is 5.73. The van der Waals surface area contributed by atoms with Gasteiger partial charge in [0.05, 0.1) is 0 Å². The third kappa shape index (κ3) is 8.74. The molecule has 104 valence electrons. The molecule has 4 heteroatoms. The molecule has 0 fully saturated rings. The normalized spacial score (nSPS) is 12.3. The van der Waals surface area contributed by atoms with Gasteiger partial charge in [-0.3, -0.25) is 9.59 Å². The smallest absolute Gasteiger partial charge is 0.307 e.